The van der Waals surface area contributed by atoms with Crippen LogP contribution >= 0.6 is 0 Å². The van der Waals surface area contributed by atoms with Crippen molar-refractivity contribution < 1.29 is 13.2 Å². The van der Waals surface area contributed by atoms with Crippen LogP contribution in [0.2, 0.25) is 0 Å². The van der Waals surface area contributed by atoms with Crippen LogP contribution in [0.4, 0.5) is 0 Å². The summed E-state index contributed by atoms with van der Waals surface area (Å²) >= 11 is 0. The number of sulfonamides is 1. The lowest BCUT2D eigenvalue weighted by molar-refractivity contribution is 0.0939. The third kappa shape index (κ3) is 3.69. The fourth-order valence-corrected chi connectivity index (χ4v) is 2.63. The Balaban J connectivity index is 2.11. The normalized spacial score (nSPS) is 12.6. The van der Waals surface area contributed by atoms with Gasteiger partial charge in [-0.2, -0.15) is 0 Å². The minimum atomic E-state index is -3.50. The highest BCUT2D eigenvalue weighted by Gasteiger charge is 2.14. The Morgan fingerprint density at radius 2 is 1.86 bits per heavy atom. The minimum absolute atomic E-state index is 0.117. The minimum Gasteiger partial charge on any atom is -0.345 e. The number of nitrogens with one attached hydrogen (secondary N) is 2. The fraction of sp³-hybridized carbons (Fsp3) is 0.200. The molecule has 1 heterocycles. The highest BCUT2D eigenvalue weighted by atomic mass is 32.2. The lowest BCUT2D eigenvalue weighted by Gasteiger charge is -2.14. The summed E-state index contributed by atoms with van der Waals surface area (Å²) in [6.07, 6.45) is 3.35. The van der Waals surface area contributed by atoms with E-state index in [4.69, 9.17) is 0 Å². The van der Waals surface area contributed by atoms with Crippen LogP contribution in [0.25, 0.3) is 0 Å². The van der Waals surface area contributed by atoms with Gasteiger partial charge in [-0.1, -0.05) is 6.07 Å². The van der Waals surface area contributed by atoms with Gasteiger partial charge in [0, 0.05) is 18.0 Å². The van der Waals surface area contributed by atoms with Crippen molar-refractivity contribution in [2.75, 3.05) is 7.05 Å². The number of amides is 1. The first kappa shape index (κ1) is 16.1. The van der Waals surface area contributed by atoms with E-state index in [1.165, 1.54) is 31.3 Å². The van der Waals surface area contributed by atoms with Gasteiger partial charge in [-0.25, -0.2) is 13.1 Å². The molecule has 1 unspecified atom stereocenters. The first-order valence-corrected chi connectivity index (χ1v) is 8.17. The summed E-state index contributed by atoms with van der Waals surface area (Å²) < 4.78 is 25.5. The number of pyridine rings is 1. The zero-order valence-electron chi connectivity index (χ0n) is 12.3. The van der Waals surface area contributed by atoms with Crippen LogP contribution in [-0.4, -0.2) is 26.4 Å². The van der Waals surface area contributed by atoms with Crippen LogP contribution in [0.3, 0.4) is 0 Å². The van der Waals surface area contributed by atoms with Crippen LogP contribution in [-0.2, 0) is 10.0 Å². The molecule has 0 saturated heterocycles. The van der Waals surface area contributed by atoms with E-state index in [1.807, 2.05) is 13.0 Å². The maximum atomic E-state index is 12.2. The number of nitrogens with zero attached hydrogens (tertiary/aromatic N) is 1. The molecule has 0 bridgehead atoms. The smallest absolute Gasteiger partial charge is 0.251 e. The number of carbonyl (C=O) groups is 1. The summed E-state index contributed by atoms with van der Waals surface area (Å²) in [5, 5.41) is 2.84. The largest absolute Gasteiger partial charge is 0.345 e. The van der Waals surface area contributed by atoms with Crippen molar-refractivity contribution in [2.24, 2.45) is 0 Å². The van der Waals surface area contributed by atoms with Gasteiger partial charge < -0.3 is 5.32 Å². The van der Waals surface area contributed by atoms with Crippen molar-refractivity contribution in [1.82, 2.24) is 15.0 Å². The monoisotopic (exact) mass is 319 g/mol. The number of rotatable bonds is 5. The van der Waals surface area contributed by atoms with Gasteiger partial charge in [0.15, 0.2) is 0 Å². The van der Waals surface area contributed by atoms with Gasteiger partial charge in [0.05, 0.1) is 10.9 Å². The molecule has 1 aromatic carbocycles. The average molecular weight is 319 g/mol. The van der Waals surface area contributed by atoms with Crippen molar-refractivity contribution in [3.05, 3.63) is 59.9 Å². The topological polar surface area (TPSA) is 88.2 Å². The molecule has 2 N–H and O–H groups in total. The first-order valence-electron chi connectivity index (χ1n) is 6.68. The first-order chi connectivity index (χ1) is 10.4. The lowest BCUT2D eigenvalue weighted by atomic mass is 10.1. The molecule has 0 radical (unpaired) electrons. The van der Waals surface area contributed by atoms with Crippen LogP contribution in [0.1, 0.15) is 28.9 Å². The molecular formula is C15H17N3O3S. The van der Waals surface area contributed by atoms with Crippen molar-refractivity contribution in [2.45, 2.75) is 17.9 Å². The van der Waals surface area contributed by atoms with Gasteiger partial charge in [-0.15, -0.1) is 0 Å². The van der Waals surface area contributed by atoms with Crippen molar-refractivity contribution in [3.8, 4) is 0 Å². The molecule has 116 valence electrons. The Labute approximate surface area is 129 Å². The van der Waals surface area contributed by atoms with E-state index in [9.17, 15) is 13.2 Å². The van der Waals surface area contributed by atoms with Crippen LogP contribution in [0, 0.1) is 0 Å². The van der Waals surface area contributed by atoms with E-state index in [0.717, 1.165) is 5.56 Å². The predicted molar refractivity (Wildman–Crippen MR) is 82.8 cm³/mol. The molecule has 1 atom stereocenters. The number of carbonyl (C=O) groups excluding carboxylic acids is 1. The molecule has 0 aliphatic heterocycles. The van der Waals surface area contributed by atoms with E-state index in [1.54, 1.807) is 18.5 Å². The number of aromatic nitrogens is 1. The maximum absolute atomic E-state index is 12.2. The van der Waals surface area contributed by atoms with E-state index >= 15 is 0 Å². The summed E-state index contributed by atoms with van der Waals surface area (Å²) in [4.78, 5) is 16.3. The molecule has 1 amide bonds. The van der Waals surface area contributed by atoms with E-state index < -0.39 is 10.0 Å². The van der Waals surface area contributed by atoms with Crippen LogP contribution in [0.15, 0.2) is 53.7 Å². The second-order valence-corrected chi connectivity index (χ2v) is 6.60. The van der Waals surface area contributed by atoms with Gasteiger partial charge in [-0.05, 0) is 49.9 Å². The maximum Gasteiger partial charge on any atom is 0.251 e. The molecule has 22 heavy (non-hydrogen) atoms. The number of benzene rings is 1. The zero-order valence-corrected chi connectivity index (χ0v) is 13.1. The van der Waals surface area contributed by atoms with Crippen LogP contribution in [0.5, 0.6) is 0 Å². The van der Waals surface area contributed by atoms with E-state index in [-0.39, 0.29) is 16.8 Å². The highest BCUT2D eigenvalue weighted by Crippen LogP contribution is 2.13. The molecule has 0 aliphatic carbocycles. The van der Waals surface area contributed by atoms with Gasteiger partial charge in [0.1, 0.15) is 0 Å². The van der Waals surface area contributed by atoms with Crippen molar-refractivity contribution >= 4 is 15.9 Å². The summed E-state index contributed by atoms with van der Waals surface area (Å²) in [6, 6.07) is 9.24. The second-order valence-electron chi connectivity index (χ2n) is 4.71. The molecule has 2 rings (SSSR count). The average Bonchev–Trinajstić information content (AvgIpc) is 2.55. The Morgan fingerprint density at radius 1 is 1.18 bits per heavy atom. The Kier molecular flexibility index (Phi) is 4.89. The Bertz CT molecular complexity index is 743. The number of hydrogen-bond acceptors (Lipinski definition) is 4. The highest BCUT2D eigenvalue weighted by molar-refractivity contribution is 7.89. The molecular weight excluding hydrogens is 302 g/mol. The zero-order chi connectivity index (χ0) is 16.2. The lowest BCUT2D eigenvalue weighted by Crippen LogP contribution is -2.26. The van der Waals surface area contributed by atoms with E-state index in [0.29, 0.717) is 5.56 Å². The summed E-state index contributed by atoms with van der Waals surface area (Å²) in [5.74, 6) is -0.273. The molecule has 0 aliphatic rings. The third-order valence-corrected chi connectivity index (χ3v) is 4.66. The molecule has 6 nitrogen and oxygen atoms in total. The summed E-state index contributed by atoms with van der Waals surface area (Å²) in [6.45, 7) is 1.86. The molecule has 2 aromatic rings. The SMILES string of the molecule is CNS(=O)(=O)c1ccc(C(=O)NC(C)c2cccnc2)cc1. The molecule has 7 heteroatoms. The Hall–Kier alpha value is -2.25. The third-order valence-electron chi connectivity index (χ3n) is 3.23. The quantitative estimate of drug-likeness (QED) is 0.874. The van der Waals surface area contributed by atoms with Crippen molar-refractivity contribution in [3.63, 3.8) is 0 Å². The predicted octanol–water partition coefficient (Wildman–Crippen LogP) is 1.48. The van der Waals surface area contributed by atoms with Gasteiger partial charge in [-0.3, -0.25) is 9.78 Å². The fourth-order valence-electron chi connectivity index (χ4n) is 1.90. The molecule has 1 aromatic heterocycles. The molecule has 0 fully saturated rings. The number of hydrogen-bond donors (Lipinski definition) is 2. The molecule has 0 spiro atoms. The van der Waals surface area contributed by atoms with Crippen LogP contribution < -0.4 is 10.0 Å². The standard InChI is InChI=1S/C15H17N3O3S/c1-11(13-4-3-9-17-10-13)18-15(19)12-5-7-14(8-6-12)22(20,21)16-2/h3-11,16H,1-2H3,(H,18,19). The van der Waals surface area contributed by atoms with Gasteiger partial charge >= 0.3 is 0 Å². The van der Waals surface area contributed by atoms with Gasteiger partial charge in [0.2, 0.25) is 10.0 Å². The summed E-state index contributed by atoms with van der Waals surface area (Å²) in [7, 11) is -2.16. The second kappa shape index (κ2) is 6.67. The summed E-state index contributed by atoms with van der Waals surface area (Å²) in [5.41, 5.74) is 1.29. The molecule has 0 saturated carbocycles. The van der Waals surface area contributed by atoms with Gasteiger partial charge in [0.25, 0.3) is 5.91 Å². The van der Waals surface area contributed by atoms with Crippen molar-refractivity contribution in [1.29, 1.82) is 0 Å². The Morgan fingerprint density at radius 3 is 2.41 bits per heavy atom. The van der Waals surface area contributed by atoms with E-state index in [2.05, 4.69) is 15.0 Å².